The maximum Gasteiger partial charge on any atom is 0.306 e. The van der Waals surface area contributed by atoms with Gasteiger partial charge in [-0.2, -0.15) is 11.8 Å². The van der Waals surface area contributed by atoms with Gasteiger partial charge >= 0.3 is 5.97 Å². The maximum absolute atomic E-state index is 11.2. The summed E-state index contributed by atoms with van der Waals surface area (Å²) in [6.45, 7) is 3.33. The number of nitrogens with one attached hydrogen (secondary N) is 1. The van der Waals surface area contributed by atoms with Gasteiger partial charge in [-0.05, 0) is 25.8 Å². The summed E-state index contributed by atoms with van der Waals surface area (Å²) in [6, 6.07) is 0.628. The van der Waals surface area contributed by atoms with E-state index in [0.29, 0.717) is 17.7 Å². The number of ether oxygens (including phenoxy) is 1. The fourth-order valence-electron chi connectivity index (χ4n) is 2.61. The van der Waals surface area contributed by atoms with Crippen molar-refractivity contribution < 1.29 is 9.53 Å². The third kappa shape index (κ3) is 7.21. The van der Waals surface area contributed by atoms with Crippen molar-refractivity contribution in [1.29, 1.82) is 0 Å². The van der Waals surface area contributed by atoms with Gasteiger partial charge in [0.1, 0.15) is 0 Å². The molecule has 0 aromatic rings. The van der Waals surface area contributed by atoms with Crippen LogP contribution in [0.2, 0.25) is 0 Å². The van der Waals surface area contributed by atoms with Crippen LogP contribution in [0.4, 0.5) is 0 Å². The first-order chi connectivity index (χ1) is 9.27. The van der Waals surface area contributed by atoms with E-state index in [1.165, 1.54) is 52.1 Å². The molecule has 3 nitrogen and oxygen atoms in total. The van der Waals surface area contributed by atoms with Gasteiger partial charge in [-0.3, -0.25) is 4.79 Å². The Balaban J connectivity index is 2.38. The van der Waals surface area contributed by atoms with Crippen LogP contribution in [0, 0.1) is 0 Å². The van der Waals surface area contributed by atoms with E-state index in [-0.39, 0.29) is 5.97 Å². The molecule has 1 aliphatic rings. The number of esters is 1. The lowest BCUT2D eigenvalue weighted by Gasteiger charge is -2.30. The second-order valence-corrected chi connectivity index (χ2v) is 6.63. The molecule has 0 saturated heterocycles. The van der Waals surface area contributed by atoms with Gasteiger partial charge in [0.05, 0.1) is 13.5 Å². The summed E-state index contributed by atoms with van der Waals surface area (Å²) < 4.78 is 4.71. The monoisotopic (exact) mass is 287 g/mol. The van der Waals surface area contributed by atoms with Crippen LogP contribution in [0.25, 0.3) is 0 Å². The SMILES string of the molecule is CCCNC1CCCCCCC1SCCC(=O)OC. The number of carbonyl (C=O) groups excluding carboxylic acids is 1. The topological polar surface area (TPSA) is 38.3 Å². The first-order valence-corrected chi connectivity index (χ1v) is 8.74. The lowest BCUT2D eigenvalue weighted by Crippen LogP contribution is -2.39. The fraction of sp³-hybridized carbons (Fsp3) is 0.933. The standard InChI is InChI=1S/C15H29NO2S/c1-3-11-16-13-8-6-4-5-7-9-14(13)19-12-10-15(17)18-2/h13-14,16H,3-12H2,1-2H3. The molecule has 0 amide bonds. The van der Waals surface area contributed by atoms with E-state index in [0.717, 1.165) is 12.3 Å². The molecule has 2 atom stereocenters. The van der Waals surface area contributed by atoms with Crippen molar-refractivity contribution in [2.45, 2.75) is 69.6 Å². The summed E-state index contributed by atoms with van der Waals surface area (Å²) in [5.74, 6) is 0.804. The van der Waals surface area contributed by atoms with Gasteiger partial charge in [0.25, 0.3) is 0 Å². The quantitative estimate of drug-likeness (QED) is 0.729. The molecule has 0 aliphatic heterocycles. The van der Waals surface area contributed by atoms with E-state index >= 15 is 0 Å². The molecule has 0 aromatic carbocycles. The Morgan fingerprint density at radius 1 is 1.26 bits per heavy atom. The summed E-state index contributed by atoms with van der Waals surface area (Å²) in [7, 11) is 1.47. The van der Waals surface area contributed by atoms with Crippen molar-refractivity contribution in [2.24, 2.45) is 0 Å². The van der Waals surface area contributed by atoms with Crippen LogP contribution in [0.1, 0.15) is 58.3 Å². The highest BCUT2D eigenvalue weighted by Gasteiger charge is 2.22. The molecule has 1 N–H and O–H groups in total. The molecule has 0 spiro atoms. The molecule has 2 unspecified atom stereocenters. The maximum atomic E-state index is 11.2. The highest BCUT2D eigenvalue weighted by molar-refractivity contribution is 7.99. The first kappa shape index (κ1) is 16.8. The van der Waals surface area contributed by atoms with Crippen LogP contribution in [0.15, 0.2) is 0 Å². The van der Waals surface area contributed by atoms with Crippen molar-refractivity contribution >= 4 is 17.7 Å². The highest BCUT2D eigenvalue weighted by Crippen LogP contribution is 2.27. The molecule has 0 radical (unpaired) electrons. The Bertz CT molecular complexity index is 246. The van der Waals surface area contributed by atoms with Crippen LogP contribution < -0.4 is 5.32 Å². The summed E-state index contributed by atoms with van der Waals surface area (Å²) >= 11 is 1.96. The highest BCUT2D eigenvalue weighted by atomic mass is 32.2. The molecule has 0 heterocycles. The minimum absolute atomic E-state index is 0.0867. The van der Waals surface area contributed by atoms with E-state index in [2.05, 4.69) is 12.2 Å². The third-order valence-electron chi connectivity index (χ3n) is 3.72. The van der Waals surface area contributed by atoms with E-state index in [4.69, 9.17) is 4.74 Å². The number of hydrogen-bond acceptors (Lipinski definition) is 4. The molecule has 0 bridgehead atoms. The summed E-state index contributed by atoms with van der Waals surface area (Å²) in [5, 5.41) is 4.37. The smallest absolute Gasteiger partial charge is 0.306 e. The molecule has 1 aliphatic carbocycles. The van der Waals surface area contributed by atoms with Gasteiger partial charge in [0.2, 0.25) is 0 Å². The molecular formula is C15H29NO2S. The van der Waals surface area contributed by atoms with E-state index in [9.17, 15) is 4.79 Å². The van der Waals surface area contributed by atoms with Crippen LogP contribution in [-0.2, 0) is 9.53 Å². The second-order valence-electron chi connectivity index (χ2n) is 5.29. The molecule has 112 valence electrons. The Morgan fingerprint density at radius 2 is 2.00 bits per heavy atom. The number of carbonyl (C=O) groups is 1. The molecule has 4 heteroatoms. The van der Waals surface area contributed by atoms with Crippen LogP contribution in [0.3, 0.4) is 0 Å². The van der Waals surface area contributed by atoms with Gasteiger partial charge in [-0.1, -0.05) is 32.6 Å². The molecule has 1 saturated carbocycles. The summed E-state index contributed by atoms with van der Waals surface area (Å²) in [6.07, 6.45) is 9.73. The predicted molar refractivity (Wildman–Crippen MR) is 82.7 cm³/mol. The lowest BCUT2D eigenvalue weighted by molar-refractivity contribution is -0.140. The summed E-state index contributed by atoms with van der Waals surface area (Å²) in [4.78, 5) is 11.2. The molecule has 19 heavy (non-hydrogen) atoms. The summed E-state index contributed by atoms with van der Waals surface area (Å²) in [5.41, 5.74) is 0. The van der Waals surface area contributed by atoms with Crippen LogP contribution in [-0.4, -0.2) is 36.7 Å². The van der Waals surface area contributed by atoms with Crippen molar-refractivity contribution in [3.05, 3.63) is 0 Å². The Morgan fingerprint density at radius 3 is 2.68 bits per heavy atom. The average Bonchev–Trinajstić information content (AvgIpc) is 2.40. The fourth-order valence-corrected chi connectivity index (χ4v) is 3.99. The minimum atomic E-state index is -0.0867. The van der Waals surface area contributed by atoms with Crippen molar-refractivity contribution in [3.63, 3.8) is 0 Å². The van der Waals surface area contributed by atoms with E-state index in [1.54, 1.807) is 0 Å². The van der Waals surface area contributed by atoms with Crippen molar-refractivity contribution in [1.82, 2.24) is 5.32 Å². The van der Waals surface area contributed by atoms with Crippen molar-refractivity contribution in [2.75, 3.05) is 19.4 Å². The Labute approximate surface area is 122 Å². The zero-order chi connectivity index (χ0) is 13.9. The van der Waals surface area contributed by atoms with Gasteiger partial charge in [-0.15, -0.1) is 0 Å². The largest absolute Gasteiger partial charge is 0.469 e. The van der Waals surface area contributed by atoms with Gasteiger partial charge in [0.15, 0.2) is 0 Å². The number of methoxy groups -OCH3 is 1. The number of rotatable bonds is 7. The van der Waals surface area contributed by atoms with E-state index in [1.807, 2.05) is 11.8 Å². The number of hydrogen-bond donors (Lipinski definition) is 1. The normalized spacial score (nSPS) is 24.5. The second kappa shape index (κ2) is 10.6. The zero-order valence-corrected chi connectivity index (χ0v) is 13.3. The van der Waals surface area contributed by atoms with Crippen LogP contribution >= 0.6 is 11.8 Å². The van der Waals surface area contributed by atoms with Gasteiger partial charge in [0, 0.05) is 17.0 Å². The van der Waals surface area contributed by atoms with Gasteiger partial charge in [-0.25, -0.2) is 0 Å². The average molecular weight is 287 g/mol. The lowest BCUT2D eigenvalue weighted by atomic mass is 9.96. The van der Waals surface area contributed by atoms with E-state index < -0.39 is 0 Å². The molecule has 1 rings (SSSR count). The Kier molecular flexibility index (Phi) is 9.35. The minimum Gasteiger partial charge on any atom is -0.469 e. The predicted octanol–water partition coefficient (Wildman–Crippen LogP) is 3.37. The van der Waals surface area contributed by atoms with Crippen LogP contribution in [0.5, 0.6) is 0 Å². The number of thioether (sulfide) groups is 1. The van der Waals surface area contributed by atoms with Gasteiger partial charge < -0.3 is 10.1 Å². The first-order valence-electron chi connectivity index (χ1n) is 7.69. The zero-order valence-electron chi connectivity index (χ0n) is 12.5. The molecular weight excluding hydrogens is 258 g/mol. The third-order valence-corrected chi connectivity index (χ3v) is 5.16. The Hall–Kier alpha value is -0.220. The van der Waals surface area contributed by atoms with Crippen molar-refractivity contribution in [3.8, 4) is 0 Å². The molecule has 1 fully saturated rings. The molecule has 0 aromatic heterocycles.